The van der Waals surface area contributed by atoms with Crippen LogP contribution < -0.4 is 5.73 Å². The van der Waals surface area contributed by atoms with Gasteiger partial charge in [-0.3, -0.25) is 0 Å². The lowest BCUT2D eigenvalue weighted by atomic mass is 9.72. The predicted octanol–water partition coefficient (Wildman–Crippen LogP) is 3.19. The van der Waals surface area contributed by atoms with Crippen molar-refractivity contribution in [3.8, 4) is 0 Å². The molecule has 1 aliphatic carbocycles. The fourth-order valence-corrected chi connectivity index (χ4v) is 2.69. The van der Waals surface area contributed by atoms with Crippen LogP contribution in [-0.4, -0.2) is 12.6 Å². The Morgan fingerprint density at radius 2 is 2.16 bits per heavy atom. The lowest BCUT2D eigenvalue weighted by Gasteiger charge is -2.33. The minimum atomic E-state index is -0.457. The largest absolute Gasteiger partial charge is 0.460 e. The van der Waals surface area contributed by atoms with Crippen molar-refractivity contribution in [3.05, 3.63) is 17.1 Å². The molecule has 1 atom stereocenters. The number of aryl methyl sites for hydroxylation is 1. The SMILES string of the molecule is CCOC(=O)c1oc2c(c1N)CC(C(C)(C)C)CC2. The zero-order chi connectivity index (χ0) is 14.2. The number of carbonyl (C=O) groups excluding carboxylic acids is 1. The maximum Gasteiger partial charge on any atom is 0.376 e. The molecule has 0 amide bonds. The van der Waals surface area contributed by atoms with Gasteiger partial charge in [0, 0.05) is 12.0 Å². The highest BCUT2D eigenvalue weighted by molar-refractivity contribution is 5.93. The van der Waals surface area contributed by atoms with Crippen LogP contribution >= 0.6 is 0 Å². The van der Waals surface area contributed by atoms with Crippen LogP contribution in [0.5, 0.6) is 0 Å². The molecule has 0 saturated carbocycles. The Morgan fingerprint density at radius 1 is 1.47 bits per heavy atom. The summed E-state index contributed by atoms with van der Waals surface area (Å²) in [4.78, 5) is 11.8. The molecule has 2 rings (SSSR count). The molecule has 4 nitrogen and oxygen atoms in total. The van der Waals surface area contributed by atoms with E-state index < -0.39 is 5.97 Å². The molecular formula is C15H23NO3. The monoisotopic (exact) mass is 265 g/mol. The number of esters is 1. The van der Waals surface area contributed by atoms with Crippen LogP contribution in [0.1, 0.15) is 56.0 Å². The van der Waals surface area contributed by atoms with Crippen LogP contribution in [0.15, 0.2) is 4.42 Å². The summed E-state index contributed by atoms with van der Waals surface area (Å²) in [5.41, 5.74) is 7.79. The maximum absolute atomic E-state index is 11.8. The lowest BCUT2D eigenvalue weighted by molar-refractivity contribution is 0.0489. The molecule has 1 heterocycles. The van der Waals surface area contributed by atoms with E-state index in [-0.39, 0.29) is 11.2 Å². The summed E-state index contributed by atoms with van der Waals surface area (Å²) in [6.07, 6.45) is 2.81. The maximum atomic E-state index is 11.8. The van der Waals surface area contributed by atoms with Crippen molar-refractivity contribution in [2.45, 2.75) is 47.0 Å². The van der Waals surface area contributed by atoms with Crippen molar-refractivity contribution < 1.29 is 13.9 Å². The van der Waals surface area contributed by atoms with E-state index in [1.54, 1.807) is 6.92 Å². The quantitative estimate of drug-likeness (QED) is 0.834. The van der Waals surface area contributed by atoms with Gasteiger partial charge in [0.2, 0.25) is 5.76 Å². The molecule has 0 bridgehead atoms. The number of rotatable bonds is 2. The minimum Gasteiger partial charge on any atom is -0.460 e. The van der Waals surface area contributed by atoms with Crippen molar-refractivity contribution in [1.82, 2.24) is 0 Å². The second-order valence-corrected chi connectivity index (χ2v) is 6.27. The molecule has 106 valence electrons. The van der Waals surface area contributed by atoms with Gasteiger partial charge in [-0.25, -0.2) is 4.79 Å². The molecule has 19 heavy (non-hydrogen) atoms. The van der Waals surface area contributed by atoms with Gasteiger partial charge in [0.25, 0.3) is 0 Å². The molecule has 2 N–H and O–H groups in total. The number of ether oxygens (including phenoxy) is 1. The van der Waals surface area contributed by atoms with Gasteiger partial charge in [-0.1, -0.05) is 20.8 Å². The predicted molar refractivity (Wildman–Crippen MR) is 74.0 cm³/mol. The number of nitrogens with two attached hydrogens (primary N) is 1. The first-order valence-electron chi connectivity index (χ1n) is 6.91. The van der Waals surface area contributed by atoms with Gasteiger partial charge in [0.15, 0.2) is 0 Å². The Morgan fingerprint density at radius 3 is 2.74 bits per heavy atom. The van der Waals surface area contributed by atoms with Crippen molar-refractivity contribution in [1.29, 1.82) is 0 Å². The normalized spacial score (nSPS) is 19.1. The molecule has 1 aliphatic rings. The molecule has 0 fully saturated rings. The number of furan rings is 1. The Hall–Kier alpha value is -1.45. The van der Waals surface area contributed by atoms with Crippen molar-refractivity contribution in [2.24, 2.45) is 11.3 Å². The third-order valence-electron chi connectivity index (χ3n) is 3.99. The summed E-state index contributed by atoms with van der Waals surface area (Å²) in [5, 5.41) is 0. The zero-order valence-electron chi connectivity index (χ0n) is 12.2. The standard InChI is InChI=1S/C15H23NO3/c1-5-18-14(17)13-12(16)10-8-9(15(2,3)4)6-7-11(10)19-13/h9H,5-8,16H2,1-4H3. The van der Waals surface area contributed by atoms with Gasteiger partial charge in [-0.05, 0) is 31.1 Å². The van der Waals surface area contributed by atoms with Crippen LogP contribution in [0.2, 0.25) is 0 Å². The Bertz CT molecular complexity index is 482. The third-order valence-corrected chi connectivity index (χ3v) is 3.99. The first-order valence-corrected chi connectivity index (χ1v) is 6.91. The van der Waals surface area contributed by atoms with Crippen molar-refractivity contribution >= 4 is 11.7 Å². The van der Waals surface area contributed by atoms with Crippen molar-refractivity contribution in [3.63, 3.8) is 0 Å². The van der Waals surface area contributed by atoms with E-state index in [0.29, 0.717) is 18.2 Å². The van der Waals surface area contributed by atoms with Gasteiger partial charge in [0.1, 0.15) is 5.76 Å². The number of hydrogen-bond acceptors (Lipinski definition) is 4. The Balaban J connectivity index is 2.28. The molecule has 0 spiro atoms. The van der Waals surface area contributed by atoms with E-state index in [1.807, 2.05) is 0 Å². The summed E-state index contributed by atoms with van der Waals surface area (Å²) in [6, 6.07) is 0. The third kappa shape index (κ3) is 2.62. The number of carbonyl (C=O) groups is 1. The minimum absolute atomic E-state index is 0.182. The molecule has 1 aromatic heterocycles. The molecule has 0 aromatic carbocycles. The van der Waals surface area contributed by atoms with Gasteiger partial charge < -0.3 is 14.9 Å². The second-order valence-electron chi connectivity index (χ2n) is 6.27. The molecular weight excluding hydrogens is 242 g/mol. The number of nitrogen functional groups attached to an aromatic ring is 1. The molecule has 1 aromatic rings. The number of fused-ring (bicyclic) bond motifs is 1. The van der Waals surface area contributed by atoms with Crippen LogP contribution in [0.3, 0.4) is 0 Å². The zero-order valence-corrected chi connectivity index (χ0v) is 12.2. The highest BCUT2D eigenvalue weighted by Crippen LogP contribution is 2.41. The average Bonchev–Trinajstić information content (AvgIpc) is 2.66. The first-order chi connectivity index (χ1) is 8.84. The van der Waals surface area contributed by atoms with Gasteiger partial charge in [-0.2, -0.15) is 0 Å². The fraction of sp³-hybridized carbons (Fsp3) is 0.667. The molecule has 0 radical (unpaired) electrons. The van der Waals surface area contributed by atoms with E-state index in [2.05, 4.69) is 20.8 Å². The fourth-order valence-electron chi connectivity index (χ4n) is 2.69. The van der Waals surface area contributed by atoms with E-state index >= 15 is 0 Å². The summed E-state index contributed by atoms with van der Waals surface area (Å²) < 4.78 is 10.6. The molecule has 0 saturated heterocycles. The lowest BCUT2D eigenvalue weighted by Crippen LogP contribution is -2.26. The summed E-state index contributed by atoms with van der Waals surface area (Å²) in [5.74, 6) is 1.15. The summed E-state index contributed by atoms with van der Waals surface area (Å²) in [7, 11) is 0. The topological polar surface area (TPSA) is 65.5 Å². The highest BCUT2D eigenvalue weighted by atomic mass is 16.5. The van der Waals surface area contributed by atoms with Gasteiger partial charge in [0.05, 0.1) is 12.3 Å². The molecule has 0 aliphatic heterocycles. The number of hydrogen-bond donors (Lipinski definition) is 1. The van der Waals surface area contributed by atoms with E-state index in [1.165, 1.54) is 0 Å². The van der Waals surface area contributed by atoms with Crippen LogP contribution in [0.25, 0.3) is 0 Å². The van der Waals surface area contributed by atoms with Gasteiger partial charge >= 0.3 is 5.97 Å². The van der Waals surface area contributed by atoms with Crippen LogP contribution in [-0.2, 0) is 17.6 Å². The summed E-state index contributed by atoms with van der Waals surface area (Å²) in [6.45, 7) is 8.82. The van der Waals surface area contributed by atoms with Crippen LogP contribution in [0, 0.1) is 11.3 Å². The molecule has 4 heteroatoms. The first kappa shape index (κ1) is 14.0. The number of anilines is 1. The summed E-state index contributed by atoms with van der Waals surface area (Å²) >= 11 is 0. The molecule has 1 unspecified atom stereocenters. The smallest absolute Gasteiger partial charge is 0.376 e. The van der Waals surface area contributed by atoms with Crippen LogP contribution in [0.4, 0.5) is 5.69 Å². The Kier molecular flexibility index (Phi) is 3.61. The highest BCUT2D eigenvalue weighted by Gasteiger charge is 2.34. The van der Waals surface area contributed by atoms with Gasteiger partial charge in [-0.15, -0.1) is 0 Å². The average molecular weight is 265 g/mol. The van der Waals surface area contributed by atoms with E-state index in [0.717, 1.165) is 30.6 Å². The van der Waals surface area contributed by atoms with Crippen molar-refractivity contribution in [2.75, 3.05) is 12.3 Å². The second kappa shape index (κ2) is 4.91. The van der Waals surface area contributed by atoms with E-state index in [4.69, 9.17) is 14.9 Å². The Labute approximate surface area is 114 Å². The van der Waals surface area contributed by atoms with E-state index in [9.17, 15) is 4.79 Å².